The van der Waals surface area contributed by atoms with Gasteiger partial charge in [-0.25, -0.2) is 4.68 Å². The lowest BCUT2D eigenvalue weighted by molar-refractivity contribution is 0.827. The quantitative estimate of drug-likeness (QED) is 0.761. The molecule has 0 saturated heterocycles. The van der Waals surface area contributed by atoms with E-state index in [0.29, 0.717) is 0 Å². The Kier molecular flexibility index (Phi) is 2.91. The van der Waals surface area contributed by atoms with Crippen molar-refractivity contribution in [2.24, 2.45) is 0 Å². The van der Waals surface area contributed by atoms with Gasteiger partial charge in [-0.15, -0.1) is 0 Å². The van der Waals surface area contributed by atoms with Gasteiger partial charge < -0.3 is 0 Å². The van der Waals surface area contributed by atoms with Crippen LogP contribution in [0.5, 0.6) is 0 Å². The number of rotatable bonds is 2. The van der Waals surface area contributed by atoms with Gasteiger partial charge in [-0.3, -0.25) is 0 Å². The van der Waals surface area contributed by atoms with E-state index in [0.717, 1.165) is 16.7 Å². The Bertz CT molecular complexity index is 474. The topological polar surface area (TPSA) is 17.8 Å². The number of hydrogen-bond acceptors (Lipinski definition) is 1. The minimum Gasteiger partial charge on any atom is -0.238 e. The van der Waals surface area contributed by atoms with Crippen LogP contribution in [0.4, 0.5) is 0 Å². The van der Waals surface area contributed by atoms with Gasteiger partial charge in [-0.2, -0.15) is 5.10 Å². The number of benzene rings is 1. The van der Waals surface area contributed by atoms with Crippen LogP contribution in [0, 0.1) is 13.8 Å². The average molecular weight is 265 g/mol. The molecule has 0 N–H and O–H groups in total. The molecule has 78 valence electrons. The molecular weight excluding hydrogens is 252 g/mol. The molecule has 0 unspecified atom stereocenters. The number of para-hydroxylation sites is 1. The van der Waals surface area contributed by atoms with E-state index < -0.39 is 0 Å². The largest absolute Gasteiger partial charge is 0.238 e. The van der Waals surface area contributed by atoms with Gasteiger partial charge in [0.1, 0.15) is 0 Å². The zero-order valence-electron chi connectivity index (χ0n) is 8.87. The maximum absolute atomic E-state index is 4.48. The highest BCUT2D eigenvalue weighted by Crippen LogP contribution is 2.18. The van der Waals surface area contributed by atoms with Crippen LogP contribution in [0.15, 0.2) is 30.3 Å². The Morgan fingerprint density at radius 3 is 2.60 bits per heavy atom. The number of alkyl halides is 1. The molecule has 2 aromatic rings. The predicted octanol–water partition coefficient (Wildman–Crippen LogP) is 3.38. The molecule has 1 heterocycles. The summed E-state index contributed by atoms with van der Waals surface area (Å²) in [6, 6.07) is 10.4. The van der Waals surface area contributed by atoms with E-state index in [1.807, 2.05) is 23.7 Å². The van der Waals surface area contributed by atoms with E-state index >= 15 is 0 Å². The first-order valence-electron chi connectivity index (χ1n) is 4.90. The fraction of sp³-hybridized carbons (Fsp3) is 0.250. The van der Waals surface area contributed by atoms with Crippen LogP contribution in [0.3, 0.4) is 0 Å². The first-order valence-corrected chi connectivity index (χ1v) is 6.02. The van der Waals surface area contributed by atoms with Crippen molar-refractivity contribution in [1.29, 1.82) is 0 Å². The van der Waals surface area contributed by atoms with Crippen molar-refractivity contribution in [2.75, 3.05) is 0 Å². The van der Waals surface area contributed by atoms with E-state index in [1.54, 1.807) is 0 Å². The minimum absolute atomic E-state index is 0.849. The third-order valence-corrected chi connectivity index (χ3v) is 2.98. The molecule has 0 aliphatic rings. The van der Waals surface area contributed by atoms with Crippen molar-refractivity contribution in [3.8, 4) is 5.69 Å². The summed E-state index contributed by atoms with van der Waals surface area (Å²) in [4.78, 5) is 0. The first-order chi connectivity index (χ1) is 7.22. The number of nitrogens with zero attached hydrogens (tertiary/aromatic N) is 2. The van der Waals surface area contributed by atoms with Gasteiger partial charge in [0.05, 0.1) is 11.4 Å². The molecular formula is C12H13BrN2. The predicted molar refractivity (Wildman–Crippen MR) is 65.7 cm³/mol. The second-order valence-corrected chi connectivity index (χ2v) is 4.16. The highest BCUT2D eigenvalue weighted by Gasteiger charge is 2.06. The highest BCUT2D eigenvalue weighted by molar-refractivity contribution is 9.08. The summed E-state index contributed by atoms with van der Waals surface area (Å²) < 4.78 is 1.99. The summed E-state index contributed by atoms with van der Waals surface area (Å²) in [7, 11) is 0. The molecule has 0 spiro atoms. The fourth-order valence-electron chi connectivity index (χ4n) is 1.70. The SMILES string of the molecule is Cc1cc(C)n(-c2ccccc2CBr)n1. The van der Waals surface area contributed by atoms with Crippen LogP contribution >= 0.6 is 15.9 Å². The standard InChI is InChI=1S/C12H13BrN2/c1-9-7-10(2)15(14-9)12-6-4-3-5-11(12)8-13/h3-7H,8H2,1-2H3. The lowest BCUT2D eigenvalue weighted by Gasteiger charge is -2.08. The molecule has 0 radical (unpaired) electrons. The summed E-state index contributed by atoms with van der Waals surface area (Å²) in [6.45, 7) is 4.09. The van der Waals surface area contributed by atoms with Crippen molar-refractivity contribution in [1.82, 2.24) is 9.78 Å². The normalized spacial score (nSPS) is 10.6. The molecule has 0 aliphatic heterocycles. The van der Waals surface area contributed by atoms with Gasteiger partial charge in [-0.05, 0) is 31.5 Å². The van der Waals surface area contributed by atoms with Crippen molar-refractivity contribution in [3.63, 3.8) is 0 Å². The van der Waals surface area contributed by atoms with Crippen LogP contribution in [-0.4, -0.2) is 9.78 Å². The second kappa shape index (κ2) is 4.19. The molecule has 0 bridgehead atoms. The molecule has 2 rings (SSSR count). The molecule has 0 saturated carbocycles. The molecule has 15 heavy (non-hydrogen) atoms. The maximum Gasteiger partial charge on any atom is 0.0689 e. The van der Waals surface area contributed by atoms with Gasteiger partial charge in [0.15, 0.2) is 0 Å². The van der Waals surface area contributed by atoms with E-state index in [-0.39, 0.29) is 0 Å². The number of aromatic nitrogens is 2. The molecule has 1 aromatic heterocycles. The zero-order chi connectivity index (χ0) is 10.8. The van der Waals surface area contributed by atoms with Crippen molar-refractivity contribution in [3.05, 3.63) is 47.3 Å². The van der Waals surface area contributed by atoms with Crippen LogP contribution < -0.4 is 0 Å². The van der Waals surface area contributed by atoms with Crippen molar-refractivity contribution < 1.29 is 0 Å². The molecule has 0 fully saturated rings. The Morgan fingerprint density at radius 2 is 2.00 bits per heavy atom. The first kappa shape index (κ1) is 10.4. The van der Waals surface area contributed by atoms with Gasteiger partial charge in [0.25, 0.3) is 0 Å². The lowest BCUT2D eigenvalue weighted by Crippen LogP contribution is -2.02. The van der Waals surface area contributed by atoms with Crippen LogP contribution in [-0.2, 0) is 5.33 Å². The molecule has 0 atom stereocenters. The number of halogens is 1. The van der Waals surface area contributed by atoms with Crippen LogP contribution in [0.1, 0.15) is 17.0 Å². The van der Waals surface area contributed by atoms with Gasteiger partial charge in [0.2, 0.25) is 0 Å². The van der Waals surface area contributed by atoms with E-state index in [9.17, 15) is 0 Å². The maximum atomic E-state index is 4.48. The third-order valence-electron chi connectivity index (χ3n) is 2.37. The summed E-state index contributed by atoms with van der Waals surface area (Å²) >= 11 is 3.50. The highest BCUT2D eigenvalue weighted by atomic mass is 79.9. The van der Waals surface area contributed by atoms with E-state index in [2.05, 4.69) is 46.2 Å². The average Bonchev–Trinajstić information content (AvgIpc) is 2.57. The van der Waals surface area contributed by atoms with Crippen molar-refractivity contribution in [2.45, 2.75) is 19.2 Å². The monoisotopic (exact) mass is 264 g/mol. The van der Waals surface area contributed by atoms with Gasteiger partial charge in [-0.1, -0.05) is 34.1 Å². The zero-order valence-corrected chi connectivity index (χ0v) is 10.5. The van der Waals surface area contributed by atoms with E-state index in [4.69, 9.17) is 0 Å². The van der Waals surface area contributed by atoms with E-state index in [1.165, 1.54) is 11.3 Å². The smallest absolute Gasteiger partial charge is 0.0689 e. The fourth-order valence-corrected chi connectivity index (χ4v) is 2.18. The Hall–Kier alpha value is -1.09. The Balaban J connectivity index is 2.58. The second-order valence-electron chi connectivity index (χ2n) is 3.60. The third kappa shape index (κ3) is 1.97. The van der Waals surface area contributed by atoms with Crippen molar-refractivity contribution >= 4 is 15.9 Å². The summed E-state index contributed by atoms with van der Waals surface area (Å²) in [5.74, 6) is 0. The Morgan fingerprint density at radius 1 is 1.27 bits per heavy atom. The molecule has 2 nitrogen and oxygen atoms in total. The number of hydrogen-bond donors (Lipinski definition) is 0. The van der Waals surface area contributed by atoms with Gasteiger partial charge >= 0.3 is 0 Å². The van der Waals surface area contributed by atoms with Crippen LogP contribution in [0.25, 0.3) is 5.69 Å². The summed E-state index contributed by atoms with van der Waals surface area (Å²) in [5.41, 5.74) is 4.63. The van der Waals surface area contributed by atoms with Crippen LogP contribution in [0.2, 0.25) is 0 Å². The molecule has 1 aromatic carbocycles. The Labute approximate surface area is 98.1 Å². The summed E-state index contributed by atoms with van der Waals surface area (Å²) in [6.07, 6.45) is 0. The molecule has 0 aliphatic carbocycles. The minimum atomic E-state index is 0.849. The van der Waals surface area contributed by atoms with Gasteiger partial charge in [0, 0.05) is 11.0 Å². The summed E-state index contributed by atoms with van der Waals surface area (Å²) in [5, 5.41) is 5.33. The number of aryl methyl sites for hydroxylation is 2. The molecule has 0 amide bonds. The molecule has 3 heteroatoms. The lowest BCUT2D eigenvalue weighted by atomic mass is 10.2.